The van der Waals surface area contributed by atoms with Crippen LogP contribution in [-0.4, -0.2) is 29.3 Å². The Morgan fingerprint density at radius 1 is 1.05 bits per heavy atom. The first-order valence-corrected chi connectivity index (χ1v) is 9.38. The van der Waals surface area contributed by atoms with E-state index in [1.165, 1.54) is 0 Å². The lowest BCUT2D eigenvalue weighted by atomic mass is 10.1. The van der Waals surface area contributed by atoms with Gasteiger partial charge in [0.15, 0.2) is 0 Å². The summed E-state index contributed by atoms with van der Waals surface area (Å²) in [6.07, 6.45) is -3.29. The summed E-state index contributed by atoms with van der Waals surface area (Å²) in [6.45, 7) is 1.58. The molecule has 0 aliphatic rings. The summed E-state index contributed by atoms with van der Waals surface area (Å²) in [7, 11) is -8.58. The molecule has 0 atom stereocenters. The molecule has 0 aromatic heterocycles. The van der Waals surface area contributed by atoms with Gasteiger partial charge in [-0.15, -0.1) is 0 Å². The van der Waals surface area contributed by atoms with Crippen LogP contribution in [0.3, 0.4) is 0 Å². The molecule has 0 saturated carbocycles. The molecule has 5 nitrogen and oxygen atoms in total. The van der Waals surface area contributed by atoms with Crippen molar-refractivity contribution in [2.45, 2.75) is 19.5 Å². The zero-order valence-electron chi connectivity index (χ0n) is 11.5. The van der Waals surface area contributed by atoms with Crippen molar-refractivity contribution in [3.63, 3.8) is 0 Å². The van der Waals surface area contributed by atoms with Crippen LogP contribution in [0.2, 0.25) is 0 Å². The minimum absolute atomic E-state index is 0.0219. The first-order valence-electron chi connectivity index (χ1n) is 5.69. The summed E-state index contributed by atoms with van der Waals surface area (Å²) in [6, 6.07) is 2.38. The molecule has 0 fully saturated rings. The number of halogens is 3. The van der Waals surface area contributed by atoms with E-state index >= 15 is 0 Å². The Kier molecular flexibility index (Phi) is 4.64. The van der Waals surface area contributed by atoms with E-state index in [1.807, 2.05) is 0 Å². The largest absolute Gasteiger partial charge is 0.416 e. The highest BCUT2D eigenvalue weighted by Crippen LogP contribution is 2.35. The molecule has 0 spiro atoms. The summed E-state index contributed by atoms with van der Waals surface area (Å²) in [5.41, 5.74) is -1.44. The van der Waals surface area contributed by atoms with E-state index in [2.05, 4.69) is 0 Å². The third-order valence-corrected chi connectivity index (χ3v) is 5.82. The lowest BCUT2D eigenvalue weighted by Gasteiger charge is -2.23. The van der Waals surface area contributed by atoms with E-state index in [-0.39, 0.29) is 15.7 Å². The van der Waals surface area contributed by atoms with Crippen LogP contribution in [0.4, 0.5) is 18.9 Å². The predicted molar refractivity (Wildman–Crippen MR) is 73.0 cm³/mol. The highest BCUT2D eigenvalue weighted by Gasteiger charge is 2.34. The Labute approximate surface area is 121 Å². The quantitative estimate of drug-likeness (QED) is 0.837. The van der Waals surface area contributed by atoms with Crippen LogP contribution >= 0.6 is 0 Å². The van der Waals surface area contributed by atoms with Crippen molar-refractivity contribution in [1.82, 2.24) is 0 Å². The minimum Gasteiger partial charge on any atom is -0.206 e. The van der Waals surface area contributed by atoms with Crippen LogP contribution in [0, 0.1) is 0 Å². The summed E-state index contributed by atoms with van der Waals surface area (Å²) in [5, 5.41) is 0. The van der Waals surface area contributed by atoms with Gasteiger partial charge >= 0.3 is 6.18 Å². The van der Waals surface area contributed by atoms with Crippen LogP contribution in [0.25, 0.3) is 0 Å². The molecule has 0 saturated heterocycles. The van der Waals surface area contributed by atoms with Gasteiger partial charge in [0.25, 0.3) is 0 Å². The fourth-order valence-electron chi connectivity index (χ4n) is 1.81. The number of aryl methyl sites for hydroxylation is 1. The van der Waals surface area contributed by atoms with Gasteiger partial charge in [-0.25, -0.2) is 16.8 Å². The lowest BCUT2D eigenvalue weighted by molar-refractivity contribution is -0.137. The minimum atomic E-state index is -4.71. The molecule has 1 aromatic carbocycles. The second-order valence-corrected chi connectivity index (χ2v) is 8.31. The van der Waals surface area contributed by atoms with Crippen molar-refractivity contribution in [1.29, 1.82) is 0 Å². The Bertz CT molecular complexity index is 707. The predicted octanol–water partition coefficient (Wildman–Crippen LogP) is 1.99. The SMILES string of the molecule is CCc1ccc(C(F)(F)F)cc1N(S(C)(=O)=O)S(C)(=O)=O. The second kappa shape index (κ2) is 5.48. The van der Waals surface area contributed by atoms with Gasteiger partial charge in [0.05, 0.1) is 23.8 Å². The summed E-state index contributed by atoms with van der Waals surface area (Å²) < 4.78 is 84.9. The Hall–Kier alpha value is -1.29. The summed E-state index contributed by atoms with van der Waals surface area (Å²) in [5.74, 6) is 0. The molecule has 0 heterocycles. The van der Waals surface area contributed by atoms with Crippen LogP contribution in [0.1, 0.15) is 18.1 Å². The summed E-state index contributed by atoms with van der Waals surface area (Å²) >= 11 is 0. The standard InChI is InChI=1S/C11H14F3NO4S2/c1-4-8-5-6-9(11(12,13)14)7-10(8)15(20(2,16)17)21(3,18)19/h5-7H,4H2,1-3H3. The Balaban J connectivity index is 3.73. The van der Waals surface area contributed by atoms with E-state index in [1.54, 1.807) is 6.92 Å². The van der Waals surface area contributed by atoms with E-state index in [4.69, 9.17) is 0 Å². The molecule has 0 aliphatic heterocycles. The first kappa shape index (κ1) is 17.8. The Morgan fingerprint density at radius 3 is 1.86 bits per heavy atom. The molecule has 0 aliphatic carbocycles. The fourth-order valence-corrected chi connectivity index (χ4v) is 4.83. The van der Waals surface area contributed by atoms with Gasteiger partial charge in [-0.05, 0) is 24.1 Å². The van der Waals surface area contributed by atoms with Crippen LogP contribution < -0.4 is 3.71 Å². The van der Waals surface area contributed by atoms with Gasteiger partial charge < -0.3 is 0 Å². The second-order valence-electron chi connectivity index (χ2n) is 4.42. The number of rotatable bonds is 4. The van der Waals surface area contributed by atoms with Crippen LogP contribution in [0.15, 0.2) is 18.2 Å². The number of sulfonamides is 2. The summed E-state index contributed by atoms with van der Waals surface area (Å²) in [4.78, 5) is 0. The normalized spacial score (nSPS) is 13.2. The molecule has 0 bridgehead atoms. The smallest absolute Gasteiger partial charge is 0.206 e. The fraction of sp³-hybridized carbons (Fsp3) is 0.455. The van der Waals surface area contributed by atoms with Gasteiger partial charge in [-0.1, -0.05) is 13.0 Å². The van der Waals surface area contributed by atoms with Crippen molar-refractivity contribution in [2.24, 2.45) is 0 Å². The average Bonchev–Trinajstić information content (AvgIpc) is 2.23. The molecule has 10 heteroatoms. The third-order valence-electron chi connectivity index (χ3n) is 2.59. The number of benzene rings is 1. The van der Waals surface area contributed by atoms with Crippen molar-refractivity contribution in [3.05, 3.63) is 29.3 Å². The number of nitrogens with zero attached hydrogens (tertiary/aromatic N) is 1. The Morgan fingerprint density at radius 2 is 1.52 bits per heavy atom. The highest BCUT2D eigenvalue weighted by atomic mass is 32.3. The topological polar surface area (TPSA) is 71.5 Å². The number of hydrogen-bond donors (Lipinski definition) is 0. The molecular weight excluding hydrogens is 331 g/mol. The number of alkyl halides is 3. The molecule has 1 rings (SSSR count). The maximum atomic E-state index is 12.7. The molecule has 0 unspecified atom stereocenters. The van der Waals surface area contributed by atoms with Gasteiger partial charge in [0.1, 0.15) is 0 Å². The van der Waals surface area contributed by atoms with E-state index in [0.717, 1.165) is 12.1 Å². The van der Waals surface area contributed by atoms with Crippen molar-refractivity contribution < 1.29 is 30.0 Å². The monoisotopic (exact) mass is 345 g/mol. The molecule has 1 aromatic rings. The maximum absolute atomic E-state index is 12.7. The van der Waals surface area contributed by atoms with Gasteiger partial charge in [0, 0.05) is 0 Å². The molecule has 21 heavy (non-hydrogen) atoms. The van der Waals surface area contributed by atoms with Crippen molar-refractivity contribution in [3.8, 4) is 0 Å². The zero-order chi connectivity index (χ0) is 16.6. The van der Waals surface area contributed by atoms with Gasteiger partial charge in [-0.2, -0.15) is 16.9 Å². The zero-order valence-corrected chi connectivity index (χ0v) is 13.1. The van der Waals surface area contributed by atoms with Crippen LogP contribution in [-0.2, 0) is 32.6 Å². The third kappa shape index (κ3) is 4.10. The first-order chi connectivity index (χ1) is 9.28. The molecule has 0 amide bonds. The average molecular weight is 345 g/mol. The van der Waals surface area contributed by atoms with E-state index in [0.29, 0.717) is 18.6 Å². The van der Waals surface area contributed by atoms with E-state index < -0.39 is 37.5 Å². The maximum Gasteiger partial charge on any atom is 0.416 e. The highest BCUT2D eigenvalue weighted by molar-refractivity contribution is 8.09. The van der Waals surface area contributed by atoms with Crippen LogP contribution in [0.5, 0.6) is 0 Å². The van der Waals surface area contributed by atoms with Crippen molar-refractivity contribution >= 4 is 25.7 Å². The van der Waals surface area contributed by atoms with Gasteiger partial charge in [-0.3, -0.25) is 0 Å². The number of anilines is 1. The lowest BCUT2D eigenvalue weighted by Crippen LogP contribution is -2.36. The van der Waals surface area contributed by atoms with E-state index in [9.17, 15) is 30.0 Å². The molecule has 0 radical (unpaired) electrons. The number of hydrogen-bond acceptors (Lipinski definition) is 4. The molecule has 0 N–H and O–H groups in total. The molecule has 120 valence electrons. The van der Waals surface area contributed by atoms with Gasteiger partial charge in [0.2, 0.25) is 20.0 Å². The van der Waals surface area contributed by atoms with Crippen molar-refractivity contribution in [2.75, 3.05) is 16.2 Å². The molecular formula is C11H14F3NO4S2.